The summed E-state index contributed by atoms with van der Waals surface area (Å²) >= 11 is 0. The van der Waals surface area contributed by atoms with Gasteiger partial charge in [0.05, 0.1) is 0 Å². The zero-order chi connectivity index (χ0) is 13.2. The number of hydrogen-bond acceptors (Lipinski definition) is 1. The van der Waals surface area contributed by atoms with Crippen LogP contribution in [0.4, 0.5) is 0 Å². The van der Waals surface area contributed by atoms with Gasteiger partial charge in [0.25, 0.3) is 0 Å². The SMILES string of the molecule is CC(=O)c1ccc([C@@H]2CCCc3ccccc32)cc1. The van der Waals surface area contributed by atoms with Crippen molar-refractivity contribution in [2.45, 2.75) is 32.1 Å². The first-order valence-electron chi connectivity index (χ1n) is 6.94. The molecule has 0 heterocycles. The molecule has 2 aromatic carbocycles. The summed E-state index contributed by atoms with van der Waals surface area (Å²) in [6.07, 6.45) is 3.64. The number of carbonyl (C=O) groups is 1. The molecule has 1 atom stereocenters. The molecule has 2 aromatic rings. The Morgan fingerprint density at radius 3 is 2.53 bits per heavy atom. The fourth-order valence-electron chi connectivity index (χ4n) is 3.05. The molecule has 0 saturated heterocycles. The summed E-state index contributed by atoms with van der Waals surface area (Å²) in [5, 5.41) is 0. The van der Waals surface area contributed by atoms with Crippen molar-refractivity contribution < 1.29 is 4.79 Å². The van der Waals surface area contributed by atoms with E-state index in [0.717, 1.165) is 5.56 Å². The molecular formula is C18H18O. The normalized spacial score (nSPS) is 17.8. The summed E-state index contributed by atoms with van der Waals surface area (Å²) in [6, 6.07) is 16.9. The number of fused-ring (bicyclic) bond motifs is 1. The Morgan fingerprint density at radius 2 is 1.79 bits per heavy atom. The molecule has 0 N–H and O–H groups in total. The van der Waals surface area contributed by atoms with Crippen LogP contribution in [0.2, 0.25) is 0 Å². The summed E-state index contributed by atoms with van der Waals surface area (Å²) in [5.41, 5.74) is 5.07. The molecule has 0 radical (unpaired) electrons. The van der Waals surface area contributed by atoms with E-state index in [4.69, 9.17) is 0 Å². The van der Waals surface area contributed by atoms with Gasteiger partial charge in [-0.15, -0.1) is 0 Å². The van der Waals surface area contributed by atoms with E-state index in [-0.39, 0.29) is 5.78 Å². The fourth-order valence-corrected chi connectivity index (χ4v) is 3.05. The minimum absolute atomic E-state index is 0.135. The summed E-state index contributed by atoms with van der Waals surface area (Å²) in [5.74, 6) is 0.626. The van der Waals surface area contributed by atoms with Gasteiger partial charge < -0.3 is 0 Å². The number of hydrogen-bond donors (Lipinski definition) is 0. The quantitative estimate of drug-likeness (QED) is 0.724. The number of rotatable bonds is 2. The third-order valence-corrected chi connectivity index (χ3v) is 4.09. The lowest BCUT2D eigenvalue weighted by Gasteiger charge is -2.26. The van der Waals surface area contributed by atoms with E-state index in [9.17, 15) is 4.79 Å². The van der Waals surface area contributed by atoms with Crippen LogP contribution in [-0.4, -0.2) is 5.78 Å². The van der Waals surface area contributed by atoms with E-state index >= 15 is 0 Å². The van der Waals surface area contributed by atoms with Crippen molar-refractivity contribution >= 4 is 5.78 Å². The Hall–Kier alpha value is -1.89. The van der Waals surface area contributed by atoms with Gasteiger partial charge in [-0.3, -0.25) is 4.79 Å². The van der Waals surface area contributed by atoms with E-state index in [0.29, 0.717) is 5.92 Å². The Morgan fingerprint density at radius 1 is 1.05 bits per heavy atom. The van der Waals surface area contributed by atoms with E-state index in [1.807, 2.05) is 12.1 Å². The van der Waals surface area contributed by atoms with Gasteiger partial charge in [0.1, 0.15) is 0 Å². The maximum atomic E-state index is 11.3. The summed E-state index contributed by atoms with van der Waals surface area (Å²) in [7, 11) is 0. The van der Waals surface area contributed by atoms with Gasteiger partial charge in [-0.2, -0.15) is 0 Å². The minimum atomic E-state index is 0.135. The highest BCUT2D eigenvalue weighted by molar-refractivity contribution is 5.94. The maximum Gasteiger partial charge on any atom is 0.159 e. The fraction of sp³-hybridized carbons (Fsp3) is 0.278. The van der Waals surface area contributed by atoms with E-state index < -0.39 is 0 Å². The Balaban J connectivity index is 1.97. The molecule has 0 amide bonds. The third-order valence-electron chi connectivity index (χ3n) is 4.09. The number of carbonyl (C=O) groups excluding carboxylic acids is 1. The van der Waals surface area contributed by atoms with Crippen molar-refractivity contribution in [2.24, 2.45) is 0 Å². The zero-order valence-electron chi connectivity index (χ0n) is 11.2. The maximum absolute atomic E-state index is 11.3. The lowest BCUT2D eigenvalue weighted by atomic mass is 9.79. The van der Waals surface area contributed by atoms with Gasteiger partial charge in [-0.25, -0.2) is 0 Å². The van der Waals surface area contributed by atoms with Gasteiger partial charge in [-0.05, 0) is 42.9 Å². The highest BCUT2D eigenvalue weighted by Crippen LogP contribution is 2.36. The van der Waals surface area contributed by atoms with Crippen LogP contribution in [0.25, 0.3) is 0 Å². The molecule has 0 bridgehead atoms. The number of ketones is 1. The molecule has 19 heavy (non-hydrogen) atoms. The van der Waals surface area contributed by atoms with Gasteiger partial charge in [0, 0.05) is 11.5 Å². The van der Waals surface area contributed by atoms with Crippen LogP contribution < -0.4 is 0 Å². The van der Waals surface area contributed by atoms with Gasteiger partial charge >= 0.3 is 0 Å². The van der Waals surface area contributed by atoms with Crippen LogP contribution >= 0.6 is 0 Å². The predicted molar refractivity (Wildman–Crippen MR) is 77.7 cm³/mol. The molecule has 3 rings (SSSR count). The van der Waals surface area contributed by atoms with Crippen LogP contribution in [-0.2, 0) is 6.42 Å². The van der Waals surface area contributed by atoms with Crippen molar-refractivity contribution in [3.05, 3.63) is 70.8 Å². The van der Waals surface area contributed by atoms with E-state index in [2.05, 4.69) is 36.4 Å². The van der Waals surface area contributed by atoms with Crippen molar-refractivity contribution in [2.75, 3.05) is 0 Å². The van der Waals surface area contributed by atoms with E-state index in [1.165, 1.54) is 36.0 Å². The molecule has 1 nitrogen and oxygen atoms in total. The van der Waals surface area contributed by atoms with Crippen LogP contribution in [0.3, 0.4) is 0 Å². The summed E-state index contributed by atoms with van der Waals surface area (Å²) < 4.78 is 0. The van der Waals surface area contributed by atoms with Gasteiger partial charge in [0.2, 0.25) is 0 Å². The summed E-state index contributed by atoms with van der Waals surface area (Å²) in [6.45, 7) is 1.62. The van der Waals surface area contributed by atoms with Crippen LogP contribution in [0.15, 0.2) is 48.5 Å². The molecule has 0 unspecified atom stereocenters. The smallest absolute Gasteiger partial charge is 0.159 e. The number of Topliss-reactive ketones (excluding diaryl/α,β-unsaturated/α-hetero) is 1. The molecule has 0 aromatic heterocycles. The monoisotopic (exact) mass is 250 g/mol. The highest BCUT2D eigenvalue weighted by Gasteiger charge is 2.21. The second-order valence-corrected chi connectivity index (χ2v) is 5.32. The number of benzene rings is 2. The lowest BCUT2D eigenvalue weighted by Crippen LogP contribution is -2.11. The molecule has 1 aliphatic rings. The molecular weight excluding hydrogens is 232 g/mol. The van der Waals surface area contributed by atoms with Crippen molar-refractivity contribution in [3.63, 3.8) is 0 Å². The summed E-state index contributed by atoms with van der Waals surface area (Å²) in [4.78, 5) is 11.3. The largest absolute Gasteiger partial charge is 0.295 e. The third kappa shape index (κ3) is 2.33. The topological polar surface area (TPSA) is 17.1 Å². The first-order valence-corrected chi connectivity index (χ1v) is 6.94. The molecule has 1 aliphatic carbocycles. The average Bonchev–Trinajstić information content (AvgIpc) is 2.47. The predicted octanol–water partition coefficient (Wildman–Crippen LogP) is 4.36. The average molecular weight is 250 g/mol. The second kappa shape index (κ2) is 5.00. The van der Waals surface area contributed by atoms with Gasteiger partial charge in [-0.1, -0.05) is 48.5 Å². The van der Waals surface area contributed by atoms with Crippen molar-refractivity contribution in [1.29, 1.82) is 0 Å². The first-order chi connectivity index (χ1) is 9.25. The molecule has 0 fully saturated rings. The Bertz CT molecular complexity index is 595. The Kier molecular flexibility index (Phi) is 3.20. The Labute approximate surface area is 114 Å². The lowest BCUT2D eigenvalue weighted by molar-refractivity contribution is 0.101. The van der Waals surface area contributed by atoms with E-state index in [1.54, 1.807) is 6.92 Å². The van der Waals surface area contributed by atoms with Crippen molar-refractivity contribution in [3.8, 4) is 0 Å². The number of aryl methyl sites for hydroxylation is 1. The zero-order valence-corrected chi connectivity index (χ0v) is 11.2. The highest BCUT2D eigenvalue weighted by atomic mass is 16.1. The van der Waals surface area contributed by atoms with Crippen molar-refractivity contribution in [1.82, 2.24) is 0 Å². The standard InChI is InChI=1S/C18H18O/c1-13(19)14-9-11-16(12-10-14)18-8-4-6-15-5-2-3-7-17(15)18/h2-3,5,7,9-12,18H,4,6,8H2,1H3/t18-/m0/s1. The second-order valence-electron chi connectivity index (χ2n) is 5.32. The van der Waals surface area contributed by atoms with Crippen LogP contribution in [0, 0.1) is 0 Å². The first kappa shape index (κ1) is 12.2. The molecule has 0 saturated carbocycles. The van der Waals surface area contributed by atoms with Crippen LogP contribution in [0.1, 0.15) is 52.7 Å². The molecule has 0 spiro atoms. The van der Waals surface area contributed by atoms with Crippen LogP contribution in [0.5, 0.6) is 0 Å². The molecule has 96 valence electrons. The molecule has 1 heteroatoms. The van der Waals surface area contributed by atoms with Gasteiger partial charge in [0.15, 0.2) is 5.78 Å². The minimum Gasteiger partial charge on any atom is -0.295 e. The molecule has 0 aliphatic heterocycles.